The predicted molar refractivity (Wildman–Crippen MR) is 116 cm³/mol. The van der Waals surface area contributed by atoms with Gasteiger partial charge in [-0.05, 0) is 30.2 Å². The first-order chi connectivity index (χ1) is 13.4. The molecule has 0 saturated carbocycles. The first-order valence-electron chi connectivity index (χ1n) is 9.97. The number of nitrogens with zero attached hydrogens (tertiary/aromatic N) is 5. The molecule has 1 aliphatic rings. The van der Waals surface area contributed by atoms with E-state index in [9.17, 15) is 0 Å². The van der Waals surface area contributed by atoms with Gasteiger partial charge in [0, 0.05) is 37.9 Å². The van der Waals surface area contributed by atoms with Crippen molar-refractivity contribution in [2.45, 2.75) is 26.2 Å². The maximum Gasteiger partial charge on any atom is 0.145 e. The molecule has 4 rings (SSSR count). The van der Waals surface area contributed by atoms with Crippen LogP contribution in [0.4, 0.5) is 0 Å². The fraction of sp³-hybridized carbons (Fsp3) is 0.391. The molecule has 3 heterocycles. The fourth-order valence-electron chi connectivity index (χ4n) is 3.53. The van der Waals surface area contributed by atoms with Gasteiger partial charge in [0.05, 0.1) is 11.7 Å². The van der Waals surface area contributed by atoms with Crippen LogP contribution in [0.2, 0.25) is 0 Å². The number of fused-ring (bicyclic) bond motifs is 1. The number of likely N-dealkylation sites (N-methyl/N-ethyl adjacent to an activating group) is 1. The third kappa shape index (κ3) is 3.80. The number of pyridine rings is 1. The number of rotatable bonds is 3. The number of hydrogen-bond acceptors (Lipinski definition) is 4. The fourth-order valence-corrected chi connectivity index (χ4v) is 3.53. The SMILES string of the molecule is CN1CCN(/N=C/c2nc(-c3ccc(C(C)(C)C)cc3)n3ccccc23)CC1. The Bertz CT molecular complexity index is 970. The number of aromatic nitrogens is 2. The van der Waals surface area contributed by atoms with Crippen LogP contribution >= 0.6 is 0 Å². The normalized spacial score (nSPS) is 16.4. The van der Waals surface area contributed by atoms with Crippen molar-refractivity contribution in [3.8, 4) is 11.4 Å². The Morgan fingerprint density at radius 3 is 2.36 bits per heavy atom. The Morgan fingerprint density at radius 1 is 0.964 bits per heavy atom. The largest absolute Gasteiger partial charge is 0.303 e. The molecule has 0 unspecified atom stereocenters. The van der Waals surface area contributed by atoms with Gasteiger partial charge in [-0.25, -0.2) is 4.98 Å². The summed E-state index contributed by atoms with van der Waals surface area (Å²) in [5, 5.41) is 6.83. The van der Waals surface area contributed by atoms with Gasteiger partial charge in [-0.15, -0.1) is 0 Å². The highest BCUT2D eigenvalue weighted by Crippen LogP contribution is 2.27. The predicted octanol–water partition coefficient (Wildman–Crippen LogP) is 3.88. The molecular weight excluding hydrogens is 346 g/mol. The van der Waals surface area contributed by atoms with Crippen LogP contribution in [0, 0.1) is 0 Å². The second-order valence-corrected chi connectivity index (χ2v) is 8.61. The van der Waals surface area contributed by atoms with Gasteiger partial charge in [0.1, 0.15) is 11.5 Å². The lowest BCUT2D eigenvalue weighted by Gasteiger charge is -2.30. The van der Waals surface area contributed by atoms with Crippen molar-refractivity contribution in [3.63, 3.8) is 0 Å². The summed E-state index contributed by atoms with van der Waals surface area (Å²) in [5.74, 6) is 0.955. The summed E-state index contributed by atoms with van der Waals surface area (Å²) >= 11 is 0. The van der Waals surface area contributed by atoms with E-state index in [0.717, 1.165) is 48.8 Å². The summed E-state index contributed by atoms with van der Waals surface area (Å²) in [4.78, 5) is 7.26. The summed E-state index contributed by atoms with van der Waals surface area (Å²) in [6, 6.07) is 15.0. The lowest BCUT2D eigenvalue weighted by Crippen LogP contribution is -2.41. The van der Waals surface area contributed by atoms with Crippen molar-refractivity contribution in [3.05, 3.63) is 59.9 Å². The second-order valence-electron chi connectivity index (χ2n) is 8.61. The lowest BCUT2D eigenvalue weighted by molar-refractivity contribution is 0.159. The minimum atomic E-state index is 0.146. The van der Waals surface area contributed by atoms with Crippen molar-refractivity contribution in [2.75, 3.05) is 33.2 Å². The van der Waals surface area contributed by atoms with Gasteiger partial charge < -0.3 is 4.90 Å². The summed E-state index contributed by atoms with van der Waals surface area (Å²) < 4.78 is 2.15. The summed E-state index contributed by atoms with van der Waals surface area (Å²) in [5.41, 5.74) is 4.58. The Morgan fingerprint density at radius 2 is 1.68 bits per heavy atom. The van der Waals surface area contributed by atoms with E-state index in [1.54, 1.807) is 0 Å². The van der Waals surface area contributed by atoms with Crippen LogP contribution in [0.5, 0.6) is 0 Å². The number of piperazine rings is 1. The molecule has 28 heavy (non-hydrogen) atoms. The maximum absolute atomic E-state index is 4.93. The number of hydrazone groups is 1. The molecule has 0 bridgehead atoms. The molecule has 1 aliphatic heterocycles. The highest BCUT2D eigenvalue weighted by molar-refractivity contribution is 5.89. The second kappa shape index (κ2) is 7.40. The van der Waals surface area contributed by atoms with E-state index in [1.165, 1.54) is 5.56 Å². The van der Waals surface area contributed by atoms with Crippen LogP contribution in [0.3, 0.4) is 0 Å². The summed E-state index contributed by atoms with van der Waals surface area (Å²) in [7, 11) is 2.15. The molecule has 1 aromatic carbocycles. The molecule has 0 atom stereocenters. The molecule has 1 saturated heterocycles. The van der Waals surface area contributed by atoms with Gasteiger partial charge >= 0.3 is 0 Å². The molecule has 0 aliphatic carbocycles. The van der Waals surface area contributed by atoms with E-state index in [-0.39, 0.29) is 5.41 Å². The van der Waals surface area contributed by atoms with Crippen molar-refractivity contribution in [1.82, 2.24) is 19.3 Å². The Labute approximate surface area is 167 Å². The molecule has 3 aromatic rings. The van der Waals surface area contributed by atoms with Gasteiger partial charge in [0.2, 0.25) is 0 Å². The third-order valence-corrected chi connectivity index (χ3v) is 5.41. The molecule has 5 heteroatoms. The quantitative estimate of drug-likeness (QED) is 0.652. The van der Waals surface area contributed by atoms with E-state index in [2.05, 4.69) is 84.7 Å². The van der Waals surface area contributed by atoms with E-state index >= 15 is 0 Å². The van der Waals surface area contributed by atoms with Gasteiger partial charge in [0.25, 0.3) is 0 Å². The molecule has 2 aromatic heterocycles. The molecule has 5 nitrogen and oxygen atoms in total. The van der Waals surface area contributed by atoms with Gasteiger partial charge in [0.15, 0.2) is 0 Å². The monoisotopic (exact) mass is 375 g/mol. The molecule has 0 N–H and O–H groups in total. The molecule has 1 fully saturated rings. The Kier molecular flexibility index (Phi) is 4.94. The first-order valence-corrected chi connectivity index (χ1v) is 9.97. The van der Waals surface area contributed by atoms with Gasteiger partial charge in [-0.3, -0.25) is 9.41 Å². The topological polar surface area (TPSA) is 36.1 Å². The zero-order valence-corrected chi connectivity index (χ0v) is 17.3. The van der Waals surface area contributed by atoms with Crippen molar-refractivity contribution < 1.29 is 0 Å². The average Bonchev–Trinajstić information content (AvgIpc) is 3.06. The maximum atomic E-state index is 4.93. The molecular formula is C23H29N5. The Hall–Kier alpha value is -2.66. The van der Waals surface area contributed by atoms with Crippen LogP contribution in [-0.2, 0) is 5.41 Å². The molecule has 0 spiro atoms. The van der Waals surface area contributed by atoms with E-state index < -0.39 is 0 Å². The summed E-state index contributed by atoms with van der Waals surface area (Å²) in [6.45, 7) is 10.7. The van der Waals surface area contributed by atoms with Gasteiger partial charge in [-0.1, -0.05) is 51.1 Å². The van der Waals surface area contributed by atoms with Crippen LogP contribution in [-0.4, -0.2) is 58.7 Å². The average molecular weight is 376 g/mol. The summed E-state index contributed by atoms with van der Waals surface area (Å²) in [6.07, 6.45) is 3.98. The van der Waals surface area contributed by atoms with Crippen molar-refractivity contribution in [2.24, 2.45) is 5.10 Å². The van der Waals surface area contributed by atoms with Crippen molar-refractivity contribution >= 4 is 11.7 Å². The number of benzene rings is 1. The molecule has 0 radical (unpaired) electrons. The van der Waals surface area contributed by atoms with Gasteiger partial charge in [-0.2, -0.15) is 5.10 Å². The number of imidazole rings is 1. The number of hydrogen-bond donors (Lipinski definition) is 0. The Balaban J connectivity index is 1.67. The third-order valence-electron chi connectivity index (χ3n) is 5.41. The highest BCUT2D eigenvalue weighted by Gasteiger charge is 2.16. The van der Waals surface area contributed by atoms with E-state index in [0.29, 0.717) is 0 Å². The standard InChI is InChI=1S/C23H29N5/c1-23(2,3)19-10-8-18(9-11-19)22-25-20(21-7-5-6-12-28(21)22)17-24-27-15-13-26(4)14-16-27/h5-12,17H,13-16H2,1-4H3/b24-17+. The minimum absolute atomic E-state index is 0.146. The zero-order valence-electron chi connectivity index (χ0n) is 17.3. The van der Waals surface area contributed by atoms with Crippen LogP contribution in [0.25, 0.3) is 16.9 Å². The molecule has 146 valence electrons. The highest BCUT2D eigenvalue weighted by atomic mass is 15.5. The van der Waals surface area contributed by atoms with E-state index in [1.807, 2.05) is 12.3 Å². The smallest absolute Gasteiger partial charge is 0.145 e. The lowest BCUT2D eigenvalue weighted by atomic mass is 9.87. The van der Waals surface area contributed by atoms with Crippen LogP contribution < -0.4 is 0 Å². The van der Waals surface area contributed by atoms with Crippen LogP contribution in [0.1, 0.15) is 32.0 Å². The minimum Gasteiger partial charge on any atom is -0.303 e. The van der Waals surface area contributed by atoms with Crippen molar-refractivity contribution in [1.29, 1.82) is 0 Å². The first kappa shape index (κ1) is 18.7. The van der Waals surface area contributed by atoms with E-state index in [4.69, 9.17) is 10.1 Å². The van der Waals surface area contributed by atoms with Crippen LogP contribution in [0.15, 0.2) is 53.8 Å². The molecule has 0 amide bonds. The zero-order chi connectivity index (χ0) is 19.7.